The average molecular weight is 314 g/mol. The van der Waals surface area contributed by atoms with Crippen molar-refractivity contribution >= 4 is 28.2 Å². The molecule has 0 aliphatic carbocycles. The van der Waals surface area contributed by atoms with E-state index < -0.39 is 0 Å². The van der Waals surface area contributed by atoms with Crippen LogP contribution >= 0.6 is 11.6 Å². The van der Waals surface area contributed by atoms with E-state index in [1.807, 2.05) is 30.5 Å². The van der Waals surface area contributed by atoms with Gasteiger partial charge in [-0.15, -0.1) is 0 Å². The molecular weight excluding hydrogens is 298 g/mol. The zero-order valence-corrected chi connectivity index (χ0v) is 13.0. The summed E-state index contributed by atoms with van der Waals surface area (Å²) in [4.78, 5) is 8.61. The lowest BCUT2D eigenvalue weighted by molar-refractivity contribution is 0.210. The van der Waals surface area contributed by atoms with Gasteiger partial charge in [0.15, 0.2) is 0 Å². The molecule has 4 nitrogen and oxygen atoms in total. The highest BCUT2D eigenvalue weighted by atomic mass is 35.5. The number of nitrogens with one attached hydrogen (secondary N) is 1. The van der Waals surface area contributed by atoms with E-state index in [2.05, 4.69) is 21.4 Å². The number of aromatic nitrogens is 2. The van der Waals surface area contributed by atoms with E-state index in [4.69, 9.17) is 16.3 Å². The first-order chi connectivity index (χ1) is 10.8. The van der Waals surface area contributed by atoms with E-state index >= 15 is 0 Å². The smallest absolute Gasteiger partial charge is 0.135 e. The molecule has 0 atom stereocenters. The first kappa shape index (κ1) is 14.8. The van der Waals surface area contributed by atoms with Gasteiger partial charge in [0, 0.05) is 43.2 Å². The van der Waals surface area contributed by atoms with Crippen molar-refractivity contribution in [1.82, 2.24) is 9.97 Å². The molecule has 5 heteroatoms. The van der Waals surface area contributed by atoms with Crippen molar-refractivity contribution in [2.75, 3.05) is 25.6 Å². The topological polar surface area (TPSA) is 47.0 Å². The Morgan fingerprint density at radius 3 is 2.77 bits per heavy atom. The third-order valence-electron chi connectivity index (χ3n) is 3.45. The molecule has 0 saturated carbocycles. The summed E-state index contributed by atoms with van der Waals surface area (Å²) in [6, 6.07) is 9.82. The van der Waals surface area contributed by atoms with Crippen LogP contribution in [0.25, 0.3) is 21.9 Å². The Kier molecular flexibility index (Phi) is 4.51. The van der Waals surface area contributed by atoms with Gasteiger partial charge in [0.25, 0.3) is 0 Å². The Labute approximate surface area is 134 Å². The number of halogens is 1. The van der Waals surface area contributed by atoms with Gasteiger partial charge in [-0.05, 0) is 29.1 Å². The summed E-state index contributed by atoms with van der Waals surface area (Å²) in [6.07, 6.45) is 5.41. The molecule has 0 unspecified atom stereocenters. The minimum atomic E-state index is 0.611. The minimum absolute atomic E-state index is 0.611. The van der Waals surface area contributed by atoms with Gasteiger partial charge >= 0.3 is 0 Å². The lowest BCUT2D eigenvalue weighted by Gasteiger charge is -2.13. The number of methoxy groups -OCH3 is 1. The molecule has 1 N–H and O–H groups in total. The fourth-order valence-corrected chi connectivity index (χ4v) is 2.68. The summed E-state index contributed by atoms with van der Waals surface area (Å²) >= 11 is 6.41. The van der Waals surface area contributed by atoms with Gasteiger partial charge < -0.3 is 10.1 Å². The maximum absolute atomic E-state index is 6.41. The van der Waals surface area contributed by atoms with Crippen molar-refractivity contribution < 1.29 is 4.74 Å². The van der Waals surface area contributed by atoms with Crippen LogP contribution in [0.5, 0.6) is 0 Å². The molecule has 2 aromatic heterocycles. The molecule has 0 aliphatic rings. The Hall–Kier alpha value is -2.17. The summed E-state index contributed by atoms with van der Waals surface area (Å²) in [6.45, 7) is 1.29. The van der Waals surface area contributed by atoms with Gasteiger partial charge in [-0.3, -0.25) is 4.98 Å². The number of ether oxygens (including phenoxy) is 1. The number of pyridine rings is 2. The van der Waals surface area contributed by atoms with Gasteiger partial charge in [-0.1, -0.05) is 23.7 Å². The Morgan fingerprint density at radius 1 is 1.18 bits per heavy atom. The van der Waals surface area contributed by atoms with Crippen LogP contribution in [0, 0.1) is 0 Å². The fraction of sp³-hybridized carbons (Fsp3) is 0.176. The van der Waals surface area contributed by atoms with E-state index in [1.54, 1.807) is 19.5 Å². The van der Waals surface area contributed by atoms with E-state index in [0.717, 1.165) is 27.7 Å². The number of benzene rings is 1. The van der Waals surface area contributed by atoms with E-state index in [-0.39, 0.29) is 0 Å². The molecule has 2 heterocycles. The van der Waals surface area contributed by atoms with Crippen LogP contribution in [0.4, 0.5) is 5.82 Å². The number of fused-ring (bicyclic) bond motifs is 1. The summed E-state index contributed by atoms with van der Waals surface area (Å²) < 4.78 is 5.07. The van der Waals surface area contributed by atoms with Crippen molar-refractivity contribution in [2.45, 2.75) is 0 Å². The van der Waals surface area contributed by atoms with Crippen LogP contribution < -0.4 is 5.32 Å². The molecule has 3 aromatic rings. The number of nitrogens with zero attached hydrogens (tertiary/aromatic N) is 2. The van der Waals surface area contributed by atoms with Crippen LogP contribution in [-0.2, 0) is 4.74 Å². The maximum Gasteiger partial charge on any atom is 0.135 e. The Bertz CT molecular complexity index is 777. The summed E-state index contributed by atoms with van der Waals surface area (Å²) in [7, 11) is 1.67. The molecule has 0 fully saturated rings. The standard InChI is InChI=1S/C17H16ClN3O/c1-22-10-9-20-17-16-13(3-2-4-15(16)18)14(11-21-17)12-5-7-19-8-6-12/h2-8,11H,9-10H2,1H3,(H,20,21). The molecule has 0 saturated heterocycles. The quantitative estimate of drug-likeness (QED) is 0.723. The van der Waals surface area contributed by atoms with Gasteiger partial charge in [0.2, 0.25) is 0 Å². The molecule has 0 aliphatic heterocycles. The summed E-state index contributed by atoms with van der Waals surface area (Å²) in [5.74, 6) is 0.774. The molecule has 0 amide bonds. The molecule has 0 spiro atoms. The second kappa shape index (κ2) is 6.73. The number of hydrogen-bond donors (Lipinski definition) is 1. The minimum Gasteiger partial charge on any atom is -0.383 e. The second-order valence-electron chi connectivity index (χ2n) is 4.84. The largest absolute Gasteiger partial charge is 0.383 e. The predicted molar refractivity (Wildman–Crippen MR) is 90.3 cm³/mol. The van der Waals surface area contributed by atoms with Gasteiger partial charge in [-0.2, -0.15) is 0 Å². The number of rotatable bonds is 5. The van der Waals surface area contributed by atoms with E-state index in [0.29, 0.717) is 18.2 Å². The summed E-state index contributed by atoms with van der Waals surface area (Å²) in [5.41, 5.74) is 2.11. The van der Waals surface area contributed by atoms with Gasteiger partial charge in [0.1, 0.15) is 5.82 Å². The van der Waals surface area contributed by atoms with Crippen molar-refractivity contribution in [3.05, 3.63) is 53.9 Å². The summed E-state index contributed by atoms with van der Waals surface area (Å²) in [5, 5.41) is 5.95. The van der Waals surface area contributed by atoms with Crippen molar-refractivity contribution in [3.63, 3.8) is 0 Å². The van der Waals surface area contributed by atoms with Crippen molar-refractivity contribution in [1.29, 1.82) is 0 Å². The maximum atomic E-state index is 6.41. The fourth-order valence-electron chi connectivity index (χ4n) is 2.42. The van der Waals surface area contributed by atoms with E-state index in [9.17, 15) is 0 Å². The van der Waals surface area contributed by atoms with Crippen LogP contribution in [0.3, 0.4) is 0 Å². The lowest BCUT2D eigenvalue weighted by Crippen LogP contribution is -2.09. The average Bonchev–Trinajstić information content (AvgIpc) is 2.56. The molecule has 22 heavy (non-hydrogen) atoms. The first-order valence-electron chi connectivity index (χ1n) is 7.01. The third kappa shape index (κ3) is 2.89. The third-order valence-corrected chi connectivity index (χ3v) is 3.77. The molecular formula is C17H16ClN3O. The van der Waals surface area contributed by atoms with Crippen LogP contribution in [0.15, 0.2) is 48.9 Å². The van der Waals surface area contributed by atoms with E-state index in [1.165, 1.54) is 0 Å². The SMILES string of the molecule is COCCNc1ncc(-c2ccncc2)c2cccc(Cl)c12. The second-order valence-corrected chi connectivity index (χ2v) is 5.25. The molecule has 112 valence electrons. The van der Waals surface area contributed by atoms with Crippen molar-refractivity contribution in [3.8, 4) is 11.1 Å². The number of hydrogen-bond acceptors (Lipinski definition) is 4. The molecule has 1 aromatic carbocycles. The van der Waals surface area contributed by atoms with Crippen LogP contribution in [0.2, 0.25) is 5.02 Å². The van der Waals surface area contributed by atoms with Crippen molar-refractivity contribution in [2.24, 2.45) is 0 Å². The highest BCUT2D eigenvalue weighted by Gasteiger charge is 2.11. The predicted octanol–water partition coefficient (Wildman–Crippen LogP) is 4.01. The zero-order valence-electron chi connectivity index (χ0n) is 12.2. The van der Waals surface area contributed by atoms with Crippen LogP contribution in [0.1, 0.15) is 0 Å². The highest BCUT2D eigenvalue weighted by molar-refractivity contribution is 6.37. The molecule has 3 rings (SSSR count). The monoisotopic (exact) mass is 313 g/mol. The number of anilines is 1. The first-order valence-corrected chi connectivity index (χ1v) is 7.39. The van der Waals surface area contributed by atoms with Gasteiger partial charge in [0.05, 0.1) is 11.6 Å². The molecule has 0 radical (unpaired) electrons. The zero-order chi connectivity index (χ0) is 15.4. The highest BCUT2D eigenvalue weighted by Crippen LogP contribution is 2.35. The van der Waals surface area contributed by atoms with Crippen LogP contribution in [-0.4, -0.2) is 30.2 Å². The Balaban J connectivity index is 2.14. The lowest BCUT2D eigenvalue weighted by atomic mass is 10.0. The van der Waals surface area contributed by atoms with Gasteiger partial charge in [-0.25, -0.2) is 4.98 Å². The molecule has 0 bridgehead atoms. The Morgan fingerprint density at radius 2 is 2.00 bits per heavy atom. The normalized spacial score (nSPS) is 10.8.